The molecule has 2 amide bonds. The van der Waals surface area contributed by atoms with Crippen LogP contribution >= 0.6 is 0 Å². The van der Waals surface area contributed by atoms with E-state index in [2.05, 4.69) is 10.1 Å². The highest BCUT2D eigenvalue weighted by molar-refractivity contribution is 5.94. The third-order valence-corrected chi connectivity index (χ3v) is 5.12. The minimum atomic E-state index is -4.82. The summed E-state index contributed by atoms with van der Waals surface area (Å²) in [7, 11) is 0. The number of carbonyl (C=O) groups excluding carboxylic acids is 2. The molecule has 1 saturated heterocycles. The number of rotatable bonds is 6. The van der Waals surface area contributed by atoms with Gasteiger partial charge in [-0.1, -0.05) is 24.3 Å². The van der Waals surface area contributed by atoms with E-state index in [1.165, 1.54) is 24.3 Å². The van der Waals surface area contributed by atoms with Gasteiger partial charge in [0, 0.05) is 43.9 Å². The zero-order valence-corrected chi connectivity index (χ0v) is 17.4. The van der Waals surface area contributed by atoms with Gasteiger partial charge in [-0.2, -0.15) is 0 Å². The quantitative estimate of drug-likeness (QED) is 0.683. The molecule has 1 aliphatic heterocycles. The number of halogens is 4. The number of nitrogens with zero attached hydrogens (tertiary/aromatic N) is 2. The summed E-state index contributed by atoms with van der Waals surface area (Å²) in [5.74, 6) is -1.42. The first-order valence-corrected chi connectivity index (χ1v) is 10.0. The Labute approximate surface area is 182 Å². The van der Waals surface area contributed by atoms with Crippen LogP contribution in [-0.2, 0) is 11.3 Å². The summed E-state index contributed by atoms with van der Waals surface area (Å²) in [6, 6.07) is 9.96. The average molecular weight is 453 g/mol. The van der Waals surface area contributed by atoms with E-state index in [0.29, 0.717) is 31.7 Å². The number of piperazine rings is 1. The lowest BCUT2D eigenvalue weighted by Crippen LogP contribution is -2.51. The van der Waals surface area contributed by atoms with E-state index in [-0.39, 0.29) is 41.8 Å². The molecule has 1 fully saturated rings. The number of carbonyl (C=O) groups is 2. The van der Waals surface area contributed by atoms with Crippen LogP contribution in [0.4, 0.5) is 17.6 Å². The lowest BCUT2D eigenvalue weighted by molar-refractivity contribution is -0.274. The Hall–Kier alpha value is -3.14. The Kier molecular flexibility index (Phi) is 7.34. The SMILES string of the molecule is Cc1ccc(C(=O)N2CCN(CC(=O)NCc3ccccc3OC(F)(F)F)CC2)cc1F. The molecule has 0 radical (unpaired) electrons. The molecule has 1 aliphatic rings. The van der Waals surface area contributed by atoms with Gasteiger partial charge < -0.3 is 15.0 Å². The van der Waals surface area contributed by atoms with Crippen molar-refractivity contribution in [2.75, 3.05) is 32.7 Å². The molecule has 1 N–H and O–H groups in total. The minimum absolute atomic E-state index is 0.0451. The van der Waals surface area contributed by atoms with E-state index in [9.17, 15) is 27.2 Å². The molecule has 0 atom stereocenters. The summed E-state index contributed by atoms with van der Waals surface area (Å²) in [6.45, 7) is 3.21. The fourth-order valence-corrected chi connectivity index (χ4v) is 3.34. The van der Waals surface area contributed by atoms with Crippen LogP contribution in [-0.4, -0.2) is 60.7 Å². The number of hydrogen-bond acceptors (Lipinski definition) is 4. The smallest absolute Gasteiger partial charge is 0.405 e. The summed E-state index contributed by atoms with van der Waals surface area (Å²) in [5.41, 5.74) is 0.947. The Morgan fingerprint density at radius 3 is 2.41 bits per heavy atom. The molecule has 0 spiro atoms. The van der Waals surface area contributed by atoms with Crippen LogP contribution in [0.25, 0.3) is 0 Å². The molecule has 6 nitrogen and oxygen atoms in total. The molecular weight excluding hydrogens is 430 g/mol. The van der Waals surface area contributed by atoms with Crippen LogP contribution in [0.1, 0.15) is 21.5 Å². The predicted octanol–water partition coefficient (Wildman–Crippen LogP) is 3.11. The molecule has 10 heteroatoms. The van der Waals surface area contributed by atoms with Gasteiger partial charge in [-0.25, -0.2) is 4.39 Å². The maximum atomic E-state index is 13.7. The second kappa shape index (κ2) is 9.99. The van der Waals surface area contributed by atoms with E-state index in [0.717, 1.165) is 0 Å². The van der Waals surface area contributed by atoms with Gasteiger partial charge in [-0.05, 0) is 30.7 Å². The zero-order chi connectivity index (χ0) is 23.3. The van der Waals surface area contributed by atoms with Crippen molar-refractivity contribution in [3.05, 3.63) is 65.0 Å². The van der Waals surface area contributed by atoms with Gasteiger partial charge in [0.05, 0.1) is 6.54 Å². The Balaban J connectivity index is 1.47. The number of amides is 2. The Morgan fingerprint density at radius 1 is 1.06 bits per heavy atom. The van der Waals surface area contributed by atoms with Crippen LogP contribution in [0.5, 0.6) is 5.75 Å². The number of aryl methyl sites for hydroxylation is 1. The molecule has 2 aromatic carbocycles. The van der Waals surface area contributed by atoms with Crippen LogP contribution < -0.4 is 10.1 Å². The van der Waals surface area contributed by atoms with Gasteiger partial charge in [0.25, 0.3) is 5.91 Å². The number of ether oxygens (including phenoxy) is 1. The molecule has 1 heterocycles. The van der Waals surface area contributed by atoms with E-state index in [4.69, 9.17) is 0 Å². The highest BCUT2D eigenvalue weighted by atomic mass is 19.4. The maximum Gasteiger partial charge on any atom is 0.573 e. The number of alkyl halides is 3. The van der Waals surface area contributed by atoms with Crippen molar-refractivity contribution in [1.29, 1.82) is 0 Å². The number of para-hydroxylation sites is 1. The predicted molar refractivity (Wildman–Crippen MR) is 108 cm³/mol. The highest BCUT2D eigenvalue weighted by Crippen LogP contribution is 2.26. The van der Waals surface area contributed by atoms with Gasteiger partial charge >= 0.3 is 6.36 Å². The van der Waals surface area contributed by atoms with Gasteiger partial charge in [-0.15, -0.1) is 13.2 Å². The van der Waals surface area contributed by atoms with Crippen molar-refractivity contribution in [2.45, 2.75) is 19.8 Å². The lowest BCUT2D eigenvalue weighted by Gasteiger charge is -2.34. The lowest BCUT2D eigenvalue weighted by atomic mass is 10.1. The van der Waals surface area contributed by atoms with Crippen molar-refractivity contribution in [3.8, 4) is 5.75 Å². The average Bonchev–Trinajstić information content (AvgIpc) is 2.74. The highest BCUT2D eigenvalue weighted by Gasteiger charge is 2.32. The van der Waals surface area contributed by atoms with E-state index in [1.807, 2.05) is 4.90 Å². The molecule has 3 rings (SSSR count). The number of benzene rings is 2. The van der Waals surface area contributed by atoms with E-state index >= 15 is 0 Å². The molecule has 32 heavy (non-hydrogen) atoms. The minimum Gasteiger partial charge on any atom is -0.405 e. The van der Waals surface area contributed by atoms with Crippen molar-refractivity contribution < 1.29 is 31.9 Å². The van der Waals surface area contributed by atoms with E-state index < -0.39 is 12.2 Å². The monoisotopic (exact) mass is 453 g/mol. The summed E-state index contributed by atoms with van der Waals surface area (Å²) in [6.07, 6.45) is -4.82. The topological polar surface area (TPSA) is 61.9 Å². The molecule has 0 aromatic heterocycles. The second-order valence-electron chi connectivity index (χ2n) is 7.46. The van der Waals surface area contributed by atoms with Crippen molar-refractivity contribution in [2.24, 2.45) is 0 Å². The maximum absolute atomic E-state index is 13.7. The van der Waals surface area contributed by atoms with Crippen LogP contribution in [0.15, 0.2) is 42.5 Å². The molecule has 0 aliphatic carbocycles. The normalized spacial score (nSPS) is 14.8. The summed E-state index contributed by atoms with van der Waals surface area (Å²) < 4.78 is 55.2. The number of hydrogen-bond donors (Lipinski definition) is 1. The zero-order valence-electron chi connectivity index (χ0n) is 17.4. The van der Waals surface area contributed by atoms with E-state index in [1.54, 1.807) is 30.0 Å². The van der Waals surface area contributed by atoms with Crippen LogP contribution in [0, 0.1) is 12.7 Å². The standard InChI is InChI=1S/C22H23F4N3O3/c1-15-6-7-16(12-18(15)23)21(31)29-10-8-28(9-11-29)14-20(30)27-13-17-4-2-3-5-19(17)32-22(24,25)26/h2-7,12H,8-11,13-14H2,1H3,(H,27,30). The van der Waals surface area contributed by atoms with Gasteiger partial charge in [-0.3, -0.25) is 14.5 Å². The molecule has 0 unspecified atom stereocenters. The van der Waals surface area contributed by atoms with Crippen LogP contribution in [0.2, 0.25) is 0 Å². The molecule has 172 valence electrons. The third kappa shape index (κ3) is 6.43. The molecule has 0 saturated carbocycles. The van der Waals surface area contributed by atoms with Crippen molar-refractivity contribution >= 4 is 11.8 Å². The molecular formula is C22H23F4N3O3. The fraction of sp³-hybridized carbons (Fsp3) is 0.364. The second-order valence-corrected chi connectivity index (χ2v) is 7.46. The summed E-state index contributed by atoms with van der Waals surface area (Å²) >= 11 is 0. The first kappa shape index (κ1) is 23.5. The van der Waals surface area contributed by atoms with Gasteiger partial charge in [0.2, 0.25) is 5.91 Å². The molecule has 2 aromatic rings. The first-order chi connectivity index (χ1) is 15.1. The van der Waals surface area contributed by atoms with Gasteiger partial charge in [0.1, 0.15) is 11.6 Å². The molecule has 0 bridgehead atoms. The van der Waals surface area contributed by atoms with Gasteiger partial charge in [0.15, 0.2) is 0 Å². The number of nitrogens with one attached hydrogen (secondary N) is 1. The Morgan fingerprint density at radius 2 is 1.75 bits per heavy atom. The summed E-state index contributed by atoms with van der Waals surface area (Å²) in [4.78, 5) is 28.2. The fourth-order valence-electron chi connectivity index (χ4n) is 3.34. The largest absolute Gasteiger partial charge is 0.573 e. The summed E-state index contributed by atoms with van der Waals surface area (Å²) in [5, 5.41) is 2.59. The Bertz CT molecular complexity index is 973. The third-order valence-electron chi connectivity index (χ3n) is 5.12. The van der Waals surface area contributed by atoms with Crippen molar-refractivity contribution in [3.63, 3.8) is 0 Å². The first-order valence-electron chi connectivity index (χ1n) is 10.0. The van der Waals surface area contributed by atoms with Crippen molar-refractivity contribution in [1.82, 2.24) is 15.1 Å². The van der Waals surface area contributed by atoms with Crippen LogP contribution in [0.3, 0.4) is 0 Å².